The summed E-state index contributed by atoms with van der Waals surface area (Å²) in [6.45, 7) is 8.23. The molecule has 10 aromatic rings. The van der Waals surface area contributed by atoms with Crippen molar-refractivity contribution in [2.45, 2.75) is 0 Å². The summed E-state index contributed by atoms with van der Waals surface area (Å²) in [6.07, 6.45) is 0. The lowest BCUT2D eigenvalue weighted by molar-refractivity contribution is 0.671. The van der Waals surface area contributed by atoms with Crippen molar-refractivity contribution in [2.75, 3.05) is 0 Å². The minimum absolute atomic E-state index is 0.621. The van der Waals surface area contributed by atoms with Gasteiger partial charge in [0.25, 0.3) is 0 Å². The zero-order chi connectivity index (χ0) is 31.1. The van der Waals surface area contributed by atoms with Gasteiger partial charge in [0.2, 0.25) is 0 Å². The Morgan fingerprint density at radius 1 is 0.489 bits per heavy atom. The van der Waals surface area contributed by atoms with E-state index in [1.165, 1.54) is 10.8 Å². The van der Waals surface area contributed by atoms with Crippen molar-refractivity contribution < 1.29 is 4.42 Å². The van der Waals surface area contributed by atoms with Crippen LogP contribution < -0.4 is 0 Å². The number of hydrogen-bond donors (Lipinski definition) is 0. The molecule has 47 heavy (non-hydrogen) atoms. The second-order valence-corrected chi connectivity index (χ2v) is 12.0. The van der Waals surface area contributed by atoms with Gasteiger partial charge in [0.1, 0.15) is 5.58 Å². The minimum atomic E-state index is 0.621. The average Bonchev–Trinajstić information content (AvgIpc) is 3.79. The van der Waals surface area contributed by atoms with Crippen molar-refractivity contribution in [1.82, 2.24) is 9.13 Å². The highest BCUT2D eigenvalue weighted by Gasteiger charge is 2.22. The van der Waals surface area contributed by atoms with Gasteiger partial charge in [0, 0.05) is 49.3 Å². The molecule has 0 aliphatic carbocycles. The van der Waals surface area contributed by atoms with Gasteiger partial charge in [-0.05, 0) is 60.2 Å². The SMILES string of the molecule is [C-]#[N+]c1cccc(-n2c3ccccc3c3ccccc32)c1-c1ccc2c(c1)c1ccc3c4ccccc4oc3c1n2-c1ccccc1. The molecule has 0 atom stereocenters. The Morgan fingerprint density at radius 3 is 1.91 bits per heavy atom. The Kier molecular flexibility index (Phi) is 5.32. The molecule has 0 radical (unpaired) electrons. The van der Waals surface area contributed by atoms with Gasteiger partial charge in [0.05, 0.1) is 28.6 Å². The quantitative estimate of drug-likeness (QED) is 0.186. The second-order valence-electron chi connectivity index (χ2n) is 12.0. The van der Waals surface area contributed by atoms with Gasteiger partial charge in [-0.3, -0.25) is 0 Å². The van der Waals surface area contributed by atoms with E-state index >= 15 is 0 Å². The van der Waals surface area contributed by atoms with Crippen molar-refractivity contribution in [3.8, 4) is 22.5 Å². The van der Waals surface area contributed by atoms with E-state index in [-0.39, 0.29) is 0 Å². The van der Waals surface area contributed by atoms with Crippen LogP contribution >= 0.6 is 0 Å². The van der Waals surface area contributed by atoms with Gasteiger partial charge in [-0.15, -0.1) is 0 Å². The van der Waals surface area contributed by atoms with Crippen molar-refractivity contribution >= 4 is 71.2 Å². The first-order valence-corrected chi connectivity index (χ1v) is 15.7. The summed E-state index contributed by atoms with van der Waals surface area (Å²) in [6, 6.07) is 52.8. The van der Waals surface area contributed by atoms with E-state index in [1.54, 1.807) is 0 Å². The van der Waals surface area contributed by atoms with Crippen molar-refractivity contribution in [2.24, 2.45) is 0 Å². The molecule has 7 aromatic carbocycles. The number of rotatable bonds is 3. The van der Waals surface area contributed by atoms with E-state index in [1.807, 2.05) is 30.3 Å². The maximum atomic E-state index is 8.23. The molecule has 3 aromatic heterocycles. The molecule has 0 saturated carbocycles. The summed E-state index contributed by atoms with van der Waals surface area (Å²) in [5.74, 6) is 0. The normalized spacial score (nSPS) is 11.8. The molecular formula is C43H25N3O. The molecule has 0 aliphatic heterocycles. The van der Waals surface area contributed by atoms with E-state index in [9.17, 15) is 0 Å². The third-order valence-corrected chi connectivity index (χ3v) is 9.54. The van der Waals surface area contributed by atoms with Crippen LogP contribution in [0.1, 0.15) is 0 Å². The van der Waals surface area contributed by atoms with Crippen LogP contribution in [0.3, 0.4) is 0 Å². The van der Waals surface area contributed by atoms with Gasteiger partial charge in [-0.2, -0.15) is 0 Å². The highest BCUT2D eigenvalue weighted by atomic mass is 16.3. The molecule has 0 unspecified atom stereocenters. The fourth-order valence-electron chi connectivity index (χ4n) is 7.57. The van der Waals surface area contributed by atoms with Gasteiger partial charge in [-0.1, -0.05) is 97.1 Å². The Bertz CT molecular complexity index is 2860. The molecule has 3 heterocycles. The molecule has 218 valence electrons. The third-order valence-electron chi connectivity index (χ3n) is 9.54. The fraction of sp³-hybridized carbons (Fsp3) is 0. The molecular weight excluding hydrogens is 574 g/mol. The van der Waals surface area contributed by atoms with Crippen molar-refractivity contribution in [1.29, 1.82) is 0 Å². The summed E-state index contributed by atoms with van der Waals surface area (Å²) in [4.78, 5) is 4.05. The molecule has 0 aliphatic rings. The summed E-state index contributed by atoms with van der Waals surface area (Å²) in [7, 11) is 0. The molecule has 4 heteroatoms. The smallest absolute Gasteiger partial charge is 0.196 e. The number of benzene rings is 7. The number of nitrogens with zero attached hydrogens (tertiary/aromatic N) is 3. The monoisotopic (exact) mass is 599 g/mol. The molecule has 0 N–H and O–H groups in total. The van der Waals surface area contributed by atoms with Crippen LogP contribution in [0.15, 0.2) is 156 Å². The predicted octanol–water partition coefficient (Wildman–Crippen LogP) is 12.0. The molecule has 4 nitrogen and oxygen atoms in total. The molecule has 10 rings (SSSR count). The number of hydrogen-bond acceptors (Lipinski definition) is 1. The number of aromatic nitrogens is 2. The molecule has 0 bridgehead atoms. The van der Waals surface area contributed by atoms with E-state index in [4.69, 9.17) is 11.0 Å². The number of fused-ring (bicyclic) bond motifs is 10. The van der Waals surface area contributed by atoms with Crippen molar-refractivity contribution in [3.05, 3.63) is 163 Å². The average molecular weight is 600 g/mol. The first-order valence-electron chi connectivity index (χ1n) is 15.7. The van der Waals surface area contributed by atoms with Crippen LogP contribution in [0.5, 0.6) is 0 Å². The highest BCUT2D eigenvalue weighted by Crippen LogP contribution is 2.44. The van der Waals surface area contributed by atoms with Crippen LogP contribution in [0.2, 0.25) is 0 Å². The Hall–Kier alpha value is -6.57. The van der Waals surface area contributed by atoms with E-state index in [2.05, 4.69) is 135 Å². The summed E-state index contributed by atoms with van der Waals surface area (Å²) >= 11 is 0. The van der Waals surface area contributed by atoms with Crippen LogP contribution in [0, 0.1) is 6.57 Å². The standard InChI is InChI=1S/C43H25N3O/c1-44-35-17-11-20-39(46-36-18-8-5-14-29(36)30-15-6-9-19-37(30)46)41(35)27-22-25-38-34(26-27)32-23-24-33-31-16-7-10-21-40(31)47-43(33)42(32)45(38)28-12-3-2-4-13-28/h2-26H. The number of furan rings is 1. The molecule has 0 spiro atoms. The van der Waals surface area contributed by atoms with E-state index in [0.717, 1.165) is 77.3 Å². The van der Waals surface area contributed by atoms with E-state index < -0.39 is 0 Å². The van der Waals surface area contributed by atoms with Gasteiger partial charge in [-0.25, -0.2) is 4.85 Å². The Labute approximate surface area is 269 Å². The maximum Gasteiger partial charge on any atom is 0.196 e. The lowest BCUT2D eigenvalue weighted by Crippen LogP contribution is -1.97. The zero-order valence-electron chi connectivity index (χ0n) is 25.2. The predicted molar refractivity (Wildman–Crippen MR) is 194 cm³/mol. The number of para-hydroxylation sites is 4. The Balaban J connectivity index is 1.32. The topological polar surface area (TPSA) is 27.4 Å². The van der Waals surface area contributed by atoms with Gasteiger partial charge in [0.15, 0.2) is 11.3 Å². The zero-order valence-corrected chi connectivity index (χ0v) is 25.2. The fourth-order valence-corrected chi connectivity index (χ4v) is 7.57. The first-order chi connectivity index (χ1) is 23.3. The summed E-state index contributed by atoms with van der Waals surface area (Å²) in [5, 5.41) is 6.81. The second kappa shape index (κ2) is 9.71. The van der Waals surface area contributed by atoms with Crippen molar-refractivity contribution in [3.63, 3.8) is 0 Å². The van der Waals surface area contributed by atoms with Crippen LogP contribution in [-0.4, -0.2) is 9.13 Å². The lowest BCUT2D eigenvalue weighted by Gasteiger charge is -2.16. The van der Waals surface area contributed by atoms with Gasteiger partial charge < -0.3 is 13.6 Å². The summed E-state index contributed by atoms with van der Waals surface area (Å²) < 4.78 is 11.2. The molecule has 0 amide bonds. The summed E-state index contributed by atoms with van der Waals surface area (Å²) in [5.41, 5.74) is 10.7. The van der Waals surface area contributed by atoms with Crippen LogP contribution in [-0.2, 0) is 0 Å². The van der Waals surface area contributed by atoms with Crippen LogP contribution in [0.25, 0.3) is 92.9 Å². The van der Waals surface area contributed by atoms with Crippen LogP contribution in [0.4, 0.5) is 5.69 Å². The lowest BCUT2D eigenvalue weighted by atomic mass is 9.98. The molecule has 0 saturated heterocycles. The Morgan fingerprint density at radius 2 is 1.15 bits per heavy atom. The van der Waals surface area contributed by atoms with E-state index in [0.29, 0.717) is 5.69 Å². The molecule has 0 fully saturated rings. The minimum Gasteiger partial charge on any atom is -0.454 e. The highest BCUT2D eigenvalue weighted by molar-refractivity contribution is 6.22. The first kappa shape index (κ1) is 25.7. The largest absolute Gasteiger partial charge is 0.454 e. The third kappa shape index (κ3) is 3.57. The maximum absolute atomic E-state index is 8.23. The van der Waals surface area contributed by atoms with Gasteiger partial charge >= 0.3 is 0 Å².